The molecule has 0 saturated carbocycles. The van der Waals surface area contributed by atoms with Gasteiger partial charge in [0.05, 0.1) is 0 Å². The van der Waals surface area contributed by atoms with Crippen molar-refractivity contribution in [3.63, 3.8) is 0 Å². The zero-order valence-electron chi connectivity index (χ0n) is 11.0. The molecular formula is C14H24N2S. The second kappa shape index (κ2) is 5.98. The number of nitrogens with one attached hydrogen (secondary N) is 2. The Morgan fingerprint density at radius 1 is 1.53 bits per heavy atom. The molecule has 2 rings (SSSR count). The molecule has 17 heavy (non-hydrogen) atoms. The van der Waals surface area contributed by atoms with Crippen LogP contribution in [0, 0.1) is 12.3 Å². The maximum Gasteiger partial charge on any atom is 0.0302 e. The monoisotopic (exact) mass is 252 g/mol. The second-order valence-corrected chi connectivity index (χ2v) is 6.26. The van der Waals surface area contributed by atoms with Gasteiger partial charge in [0.1, 0.15) is 0 Å². The lowest BCUT2D eigenvalue weighted by Gasteiger charge is -2.37. The van der Waals surface area contributed by atoms with Crippen LogP contribution in [-0.2, 0) is 6.54 Å². The van der Waals surface area contributed by atoms with Crippen LogP contribution in [0.5, 0.6) is 0 Å². The van der Waals surface area contributed by atoms with Gasteiger partial charge in [-0.1, -0.05) is 6.92 Å². The Hall–Kier alpha value is -0.380. The van der Waals surface area contributed by atoms with E-state index in [1.54, 1.807) is 0 Å². The lowest BCUT2D eigenvalue weighted by Crippen LogP contribution is -2.45. The molecule has 0 radical (unpaired) electrons. The van der Waals surface area contributed by atoms with E-state index in [0.29, 0.717) is 5.41 Å². The number of rotatable bonds is 5. The lowest BCUT2D eigenvalue weighted by molar-refractivity contribution is 0.192. The van der Waals surface area contributed by atoms with Gasteiger partial charge in [0.15, 0.2) is 0 Å². The Labute approximate surface area is 109 Å². The van der Waals surface area contributed by atoms with Gasteiger partial charge in [-0.25, -0.2) is 0 Å². The van der Waals surface area contributed by atoms with Gasteiger partial charge in [-0.15, -0.1) is 11.3 Å². The Morgan fingerprint density at radius 2 is 2.41 bits per heavy atom. The van der Waals surface area contributed by atoms with Crippen LogP contribution in [0.1, 0.15) is 36.6 Å². The fraction of sp³-hybridized carbons (Fsp3) is 0.714. The van der Waals surface area contributed by atoms with Crippen molar-refractivity contribution in [1.29, 1.82) is 0 Å². The van der Waals surface area contributed by atoms with E-state index in [0.717, 1.165) is 13.1 Å². The summed E-state index contributed by atoms with van der Waals surface area (Å²) >= 11 is 1.86. The van der Waals surface area contributed by atoms with Crippen LogP contribution in [0.15, 0.2) is 11.4 Å². The van der Waals surface area contributed by atoms with Crippen molar-refractivity contribution in [2.45, 2.75) is 39.7 Å². The van der Waals surface area contributed by atoms with Gasteiger partial charge in [0.2, 0.25) is 0 Å². The fourth-order valence-electron chi connectivity index (χ4n) is 2.63. The lowest BCUT2D eigenvalue weighted by atomic mass is 9.78. The van der Waals surface area contributed by atoms with Gasteiger partial charge in [-0.05, 0) is 55.2 Å². The van der Waals surface area contributed by atoms with E-state index in [-0.39, 0.29) is 0 Å². The number of hydrogen-bond acceptors (Lipinski definition) is 3. The zero-order valence-corrected chi connectivity index (χ0v) is 11.8. The second-order valence-electron chi connectivity index (χ2n) is 5.26. The van der Waals surface area contributed by atoms with Crippen LogP contribution in [0.4, 0.5) is 0 Å². The van der Waals surface area contributed by atoms with Crippen LogP contribution in [0.25, 0.3) is 0 Å². The summed E-state index contributed by atoms with van der Waals surface area (Å²) in [6.07, 6.45) is 3.97. The molecule has 0 bridgehead atoms. The van der Waals surface area contributed by atoms with E-state index in [1.165, 1.54) is 42.8 Å². The SMILES string of the molecule is CCC1(CNCc2sccc2C)CCCNC1. The van der Waals surface area contributed by atoms with E-state index >= 15 is 0 Å². The first-order valence-electron chi connectivity index (χ1n) is 6.70. The molecule has 1 unspecified atom stereocenters. The summed E-state index contributed by atoms with van der Waals surface area (Å²) in [5.41, 5.74) is 1.92. The number of piperidine rings is 1. The average Bonchev–Trinajstić information content (AvgIpc) is 2.76. The molecule has 1 aromatic heterocycles. The molecule has 1 atom stereocenters. The van der Waals surface area contributed by atoms with Gasteiger partial charge in [0.25, 0.3) is 0 Å². The van der Waals surface area contributed by atoms with E-state index in [4.69, 9.17) is 0 Å². The predicted octanol–water partition coefficient (Wildman–Crippen LogP) is 2.93. The minimum atomic E-state index is 0.489. The van der Waals surface area contributed by atoms with Crippen molar-refractivity contribution < 1.29 is 0 Å². The summed E-state index contributed by atoms with van der Waals surface area (Å²) in [7, 11) is 0. The molecule has 0 amide bonds. The van der Waals surface area contributed by atoms with Crippen molar-refractivity contribution in [2.24, 2.45) is 5.41 Å². The van der Waals surface area contributed by atoms with Crippen LogP contribution in [0.3, 0.4) is 0 Å². The standard InChI is InChI=1S/C14H24N2S/c1-3-14(6-4-7-15-10-14)11-16-9-13-12(2)5-8-17-13/h5,8,15-16H,3-4,6-7,9-11H2,1-2H3. The van der Waals surface area contributed by atoms with E-state index < -0.39 is 0 Å². The molecule has 1 aromatic rings. The predicted molar refractivity (Wildman–Crippen MR) is 75.6 cm³/mol. The Morgan fingerprint density at radius 3 is 3.00 bits per heavy atom. The highest BCUT2D eigenvalue weighted by atomic mass is 32.1. The normalized spacial score (nSPS) is 25.1. The molecule has 1 aliphatic rings. The first-order chi connectivity index (χ1) is 8.26. The van der Waals surface area contributed by atoms with Crippen LogP contribution >= 0.6 is 11.3 Å². The minimum Gasteiger partial charge on any atom is -0.316 e. The van der Waals surface area contributed by atoms with E-state index in [1.807, 2.05) is 11.3 Å². The number of aryl methyl sites for hydroxylation is 1. The molecule has 1 aliphatic heterocycles. The Balaban J connectivity index is 1.82. The molecule has 1 fully saturated rings. The summed E-state index contributed by atoms with van der Waals surface area (Å²) in [5.74, 6) is 0. The highest BCUT2D eigenvalue weighted by Crippen LogP contribution is 2.29. The van der Waals surface area contributed by atoms with Crippen molar-refractivity contribution in [3.05, 3.63) is 21.9 Å². The molecule has 0 aromatic carbocycles. The number of thiophene rings is 1. The van der Waals surface area contributed by atoms with Gasteiger partial charge in [-0.3, -0.25) is 0 Å². The first-order valence-corrected chi connectivity index (χ1v) is 7.58. The summed E-state index contributed by atoms with van der Waals surface area (Å²) in [4.78, 5) is 1.49. The van der Waals surface area contributed by atoms with Crippen molar-refractivity contribution in [1.82, 2.24) is 10.6 Å². The molecule has 0 aliphatic carbocycles. The fourth-order valence-corrected chi connectivity index (χ4v) is 3.51. The summed E-state index contributed by atoms with van der Waals surface area (Å²) in [6, 6.07) is 2.21. The zero-order chi connectivity index (χ0) is 12.1. The quantitative estimate of drug-likeness (QED) is 0.842. The average molecular weight is 252 g/mol. The summed E-state index contributed by atoms with van der Waals surface area (Å²) < 4.78 is 0. The largest absolute Gasteiger partial charge is 0.316 e. The van der Waals surface area contributed by atoms with Crippen molar-refractivity contribution in [3.8, 4) is 0 Å². The topological polar surface area (TPSA) is 24.1 Å². The minimum absolute atomic E-state index is 0.489. The Bertz CT molecular complexity index is 340. The van der Waals surface area contributed by atoms with Gasteiger partial charge in [0, 0.05) is 24.5 Å². The van der Waals surface area contributed by atoms with Gasteiger partial charge < -0.3 is 10.6 Å². The molecule has 0 spiro atoms. The van der Waals surface area contributed by atoms with Crippen molar-refractivity contribution >= 4 is 11.3 Å². The molecule has 1 saturated heterocycles. The van der Waals surface area contributed by atoms with E-state index in [2.05, 4.69) is 35.9 Å². The maximum absolute atomic E-state index is 3.66. The van der Waals surface area contributed by atoms with Crippen molar-refractivity contribution in [2.75, 3.05) is 19.6 Å². The van der Waals surface area contributed by atoms with E-state index in [9.17, 15) is 0 Å². The van der Waals surface area contributed by atoms with Crippen LogP contribution < -0.4 is 10.6 Å². The highest BCUT2D eigenvalue weighted by molar-refractivity contribution is 7.10. The molecule has 2 N–H and O–H groups in total. The third-order valence-electron chi connectivity index (χ3n) is 4.06. The number of hydrogen-bond donors (Lipinski definition) is 2. The third kappa shape index (κ3) is 3.30. The Kier molecular flexibility index (Phi) is 4.60. The maximum atomic E-state index is 3.66. The molecule has 3 heteroatoms. The summed E-state index contributed by atoms with van der Waals surface area (Å²) in [5, 5.41) is 9.39. The molecule has 96 valence electrons. The highest BCUT2D eigenvalue weighted by Gasteiger charge is 2.29. The van der Waals surface area contributed by atoms with Gasteiger partial charge in [-0.2, -0.15) is 0 Å². The van der Waals surface area contributed by atoms with Gasteiger partial charge >= 0.3 is 0 Å². The molecular weight excluding hydrogens is 228 g/mol. The molecule has 2 heterocycles. The molecule has 2 nitrogen and oxygen atoms in total. The first kappa shape index (κ1) is 13.1. The summed E-state index contributed by atoms with van der Waals surface area (Å²) in [6.45, 7) is 9.08. The van der Waals surface area contributed by atoms with Crippen LogP contribution in [-0.4, -0.2) is 19.6 Å². The smallest absolute Gasteiger partial charge is 0.0302 e. The third-order valence-corrected chi connectivity index (χ3v) is 5.09. The van der Waals surface area contributed by atoms with Crippen LogP contribution in [0.2, 0.25) is 0 Å².